The SMILES string of the molecule is CC(NC(=O)CNCc1ccc2c(c1)OCO2)c1ccccc1. The maximum Gasteiger partial charge on any atom is 0.234 e. The van der Waals surface area contributed by atoms with Crippen molar-refractivity contribution in [2.24, 2.45) is 0 Å². The molecule has 2 aromatic carbocycles. The molecular weight excluding hydrogens is 292 g/mol. The topological polar surface area (TPSA) is 59.6 Å². The van der Waals surface area contributed by atoms with Crippen LogP contribution < -0.4 is 20.1 Å². The van der Waals surface area contributed by atoms with E-state index in [1.54, 1.807) is 0 Å². The lowest BCUT2D eigenvalue weighted by Crippen LogP contribution is -2.35. The van der Waals surface area contributed by atoms with Crippen molar-refractivity contribution < 1.29 is 14.3 Å². The summed E-state index contributed by atoms with van der Waals surface area (Å²) in [6, 6.07) is 15.7. The monoisotopic (exact) mass is 312 g/mol. The van der Waals surface area contributed by atoms with E-state index < -0.39 is 0 Å². The standard InChI is InChI=1S/C18H20N2O3/c1-13(15-5-3-2-4-6-15)20-18(21)11-19-10-14-7-8-16-17(9-14)23-12-22-16/h2-9,13,19H,10-12H2,1H3,(H,20,21). The zero-order chi connectivity index (χ0) is 16.1. The molecule has 23 heavy (non-hydrogen) atoms. The van der Waals surface area contributed by atoms with E-state index in [1.807, 2.05) is 55.5 Å². The highest BCUT2D eigenvalue weighted by Crippen LogP contribution is 2.32. The lowest BCUT2D eigenvalue weighted by atomic mass is 10.1. The maximum absolute atomic E-state index is 12.0. The number of hydrogen-bond donors (Lipinski definition) is 2. The lowest BCUT2D eigenvalue weighted by molar-refractivity contribution is -0.120. The summed E-state index contributed by atoms with van der Waals surface area (Å²) in [6.07, 6.45) is 0. The summed E-state index contributed by atoms with van der Waals surface area (Å²) in [6.45, 7) is 3.12. The molecule has 3 rings (SSSR count). The van der Waals surface area contributed by atoms with E-state index in [9.17, 15) is 4.79 Å². The van der Waals surface area contributed by atoms with Crippen LogP contribution in [0.5, 0.6) is 11.5 Å². The maximum atomic E-state index is 12.0. The van der Waals surface area contributed by atoms with Gasteiger partial charge in [-0.3, -0.25) is 4.79 Å². The fraction of sp³-hybridized carbons (Fsp3) is 0.278. The Bertz CT molecular complexity index is 673. The highest BCUT2D eigenvalue weighted by molar-refractivity contribution is 5.78. The number of amides is 1. The third kappa shape index (κ3) is 4.02. The van der Waals surface area contributed by atoms with E-state index in [0.29, 0.717) is 6.54 Å². The number of rotatable bonds is 6. The van der Waals surface area contributed by atoms with Crippen LogP contribution in [0.1, 0.15) is 24.1 Å². The van der Waals surface area contributed by atoms with E-state index in [4.69, 9.17) is 9.47 Å². The molecule has 120 valence electrons. The quantitative estimate of drug-likeness (QED) is 0.860. The van der Waals surface area contributed by atoms with Crippen molar-refractivity contribution in [2.45, 2.75) is 19.5 Å². The van der Waals surface area contributed by atoms with E-state index >= 15 is 0 Å². The second-order valence-corrected chi connectivity index (χ2v) is 5.49. The Labute approximate surface area is 135 Å². The van der Waals surface area contributed by atoms with Gasteiger partial charge in [0.1, 0.15) is 0 Å². The molecule has 0 aromatic heterocycles. The summed E-state index contributed by atoms with van der Waals surface area (Å²) in [7, 11) is 0. The first kappa shape index (κ1) is 15.4. The fourth-order valence-electron chi connectivity index (χ4n) is 2.49. The molecule has 2 aromatic rings. The zero-order valence-corrected chi connectivity index (χ0v) is 13.0. The van der Waals surface area contributed by atoms with Crippen LogP contribution >= 0.6 is 0 Å². The Hall–Kier alpha value is -2.53. The number of ether oxygens (including phenoxy) is 2. The lowest BCUT2D eigenvalue weighted by Gasteiger charge is -2.14. The van der Waals surface area contributed by atoms with Crippen molar-refractivity contribution in [3.05, 3.63) is 59.7 Å². The molecule has 1 aliphatic heterocycles. The molecule has 1 heterocycles. The van der Waals surface area contributed by atoms with Gasteiger partial charge >= 0.3 is 0 Å². The number of carbonyl (C=O) groups is 1. The average molecular weight is 312 g/mol. The molecule has 1 aliphatic rings. The Balaban J connectivity index is 1.44. The van der Waals surface area contributed by atoms with Gasteiger partial charge in [-0.1, -0.05) is 36.4 Å². The van der Waals surface area contributed by atoms with Crippen LogP contribution in [0.2, 0.25) is 0 Å². The molecule has 1 atom stereocenters. The van der Waals surface area contributed by atoms with Gasteiger partial charge in [0.15, 0.2) is 11.5 Å². The molecule has 1 amide bonds. The first-order chi connectivity index (χ1) is 11.2. The van der Waals surface area contributed by atoms with Gasteiger partial charge < -0.3 is 20.1 Å². The van der Waals surface area contributed by atoms with Crippen molar-refractivity contribution in [3.63, 3.8) is 0 Å². The number of nitrogens with one attached hydrogen (secondary N) is 2. The van der Waals surface area contributed by atoms with Crippen molar-refractivity contribution in [3.8, 4) is 11.5 Å². The Morgan fingerprint density at radius 1 is 1.13 bits per heavy atom. The van der Waals surface area contributed by atoms with Crippen LogP contribution in [-0.2, 0) is 11.3 Å². The molecule has 0 bridgehead atoms. The van der Waals surface area contributed by atoms with Crippen LogP contribution in [0.3, 0.4) is 0 Å². The van der Waals surface area contributed by atoms with Crippen LogP contribution in [0.15, 0.2) is 48.5 Å². The number of fused-ring (bicyclic) bond motifs is 1. The summed E-state index contributed by atoms with van der Waals surface area (Å²) < 4.78 is 10.6. The van der Waals surface area contributed by atoms with Crippen LogP contribution in [0.25, 0.3) is 0 Å². The van der Waals surface area contributed by atoms with Gasteiger partial charge in [0.2, 0.25) is 12.7 Å². The van der Waals surface area contributed by atoms with E-state index in [0.717, 1.165) is 22.6 Å². The molecule has 5 heteroatoms. The minimum absolute atomic E-state index is 0.00366. The van der Waals surface area contributed by atoms with Crippen LogP contribution in [-0.4, -0.2) is 19.2 Å². The minimum atomic E-state index is -0.0258. The highest BCUT2D eigenvalue weighted by Gasteiger charge is 2.13. The van der Waals surface area contributed by atoms with E-state index in [-0.39, 0.29) is 25.3 Å². The zero-order valence-electron chi connectivity index (χ0n) is 13.0. The second kappa shape index (κ2) is 7.15. The van der Waals surface area contributed by atoms with Gasteiger partial charge in [0.05, 0.1) is 12.6 Å². The molecule has 1 unspecified atom stereocenters. The molecule has 5 nitrogen and oxygen atoms in total. The third-order valence-corrected chi connectivity index (χ3v) is 3.73. The number of hydrogen-bond acceptors (Lipinski definition) is 4. The molecule has 2 N–H and O–H groups in total. The van der Waals surface area contributed by atoms with Gasteiger partial charge in [-0.25, -0.2) is 0 Å². The molecule has 0 spiro atoms. The van der Waals surface area contributed by atoms with Gasteiger partial charge in [-0.15, -0.1) is 0 Å². The molecule has 0 fully saturated rings. The molecule has 0 saturated carbocycles. The highest BCUT2D eigenvalue weighted by atomic mass is 16.7. The van der Waals surface area contributed by atoms with Gasteiger partial charge in [0, 0.05) is 6.54 Å². The molecule has 0 saturated heterocycles. The van der Waals surface area contributed by atoms with Crippen LogP contribution in [0.4, 0.5) is 0 Å². The summed E-state index contributed by atoms with van der Waals surface area (Å²) in [4.78, 5) is 12.0. The fourth-order valence-corrected chi connectivity index (χ4v) is 2.49. The van der Waals surface area contributed by atoms with E-state index in [1.165, 1.54) is 0 Å². The predicted molar refractivity (Wildman–Crippen MR) is 87.3 cm³/mol. The van der Waals surface area contributed by atoms with Crippen molar-refractivity contribution in [1.82, 2.24) is 10.6 Å². The molecule has 0 radical (unpaired) electrons. The first-order valence-corrected chi connectivity index (χ1v) is 7.66. The van der Waals surface area contributed by atoms with Crippen molar-refractivity contribution >= 4 is 5.91 Å². The van der Waals surface area contributed by atoms with Gasteiger partial charge in [-0.2, -0.15) is 0 Å². The van der Waals surface area contributed by atoms with Crippen molar-refractivity contribution in [1.29, 1.82) is 0 Å². The minimum Gasteiger partial charge on any atom is -0.454 e. The second-order valence-electron chi connectivity index (χ2n) is 5.49. The molecular formula is C18H20N2O3. The largest absolute Gasteiger partial charge is 0.454 e. The first-order valence-electron chi connectivity index (χ1n) is 7.66. The van der Waals surface area contributed by atoms with Crippen LogP contribution in [0, 0.1) is 0 Å². The Kier molecular flexibility index (Phi) is 4.78. The Morgan fingerprint density at radius 2 is 1.91 bits per heavy atom. The summed E-state index contributed by atoms with van der Waals surface area (Å²) in [5, 5.41) is 6.12. The summed E-state index contributed by atoms with van der Waals surface area (Å²) >= 11 is 0. The van der Waals surface area contributed by atoms with Crippen molar-refractivity contribution in [2.75, 3.05) is 13.3 Å². The number of benzene rings is 2. The normalized spacial score (nSPS) is 13.6. The predicted octanol–water partition coefficient (Wildman–Crippen LogP) is 2.38. The smallest absolute Gasteiger partial charge is 0.234 e. The molecule has 0 aliphatic carbocycles. The van der Waals surface area contributed by atoms with E-state index in [2.05, 4.69) is 10.6 Å². The average Bonchev–Trinajstić information content (AvgIpc) is 3.03. The van der Waals surface area contributed by atoms with Gasteiger partial charge in [0.25, 0.3) is 0 Å². The third-order valence-electron chi connectivity index (χ3n) is 3.73. The summed E-state index contributed by atoms with van der Waals surface area (Å²) in [5.41, 5.74) is 2.15. The Morgan fingerprint density at radius 3 is 2.74 bits per heavy atom. The van der Waals surface area contributed by atoms with Gasteiger partial charge in [-0.05, 0) is 30.2 Å². The summed E-state index contributed by atoms with van der Waals surface area (Å²) in [5.74, 6) is 1.50. The number of carbonyl (C=O) groups excluding carboxylic acids is 1.